The van der Waals surface area contributed by atoms with Crippen molar-refractivity contribution in [2.45, 2.75) is 26.3 Å². The maximum absolute atomic E-state index is 4.49. The van der Waals surface area contributed by atoms with Crippen LogP contribution in [0.1, 0.15) is 30.5 Å². The van der Waals surface area contributed by atoms with Crippen LogP contribution in [0.3, 0.4) is 0 Å². The predicted molar refractivity (Wildman–Crippen MR) is 57.6 cm³/mol. The lowest BCUT2D eigenvalue weighted by atomic mass is 10.2. The molecule has 0 bridgehead atoms. The number of nitrogens with one attached hydrogen (secondary N) is 1. The summed E-state index contributed by atoms with van der Waals surface area (Å²) in [5, 5.41) is 6.58. The van der Waals surface area contributed by atoms with Crippen molar-refractivity contribution in [3.05, 3.63) is 16.1 Å². The lowest BCUT2D eigenvalue weighted by molar-refractivity contribution is 0.762. The van der Waals surface area contributed by atoms with E-state index < -0.39 is 0 Å². The van der Waals surface area contributed by atoms with Crippen LogP contribution in [-0.2, 0) is 6.54 Å². The Morgan fingerprint density at radius 3 is 2.92 bits per heavy atom. The average molecular weight is 202 g/mol. The molecule has 0 saturated carbocycles. The van der Waals surface area contributed by atoms with Crippen molar-refractivity contribution in [1.29, 1.82) is 0 Å². The van der Waals surface area contributed by atoms with Gasteiger partial charge in [0.2, 0.25) is 0 Å². The fourth-order valence-corrected chi connectivity index (χ4v) is 1.85. The molecule has 1 aromatic heterocycles. The van der Waals surface area contributed by atoms with Gasteiger partial charge in [0.05, 0.1) is 10.7 Å². The molecule has 1 unspecified atom stereocenters. The fourth-order valence-electron chi connectivity index (χ4n) is 0.869. The highest BCUT2D eigenvalue weighted by Gasteiger charge is 2.04. The summed E-state index contributed by atoms with van der Waals surface area (Å²) >= 11 is 1.75. The van der Waals surface area contributed by atoms with Crippen LogP contribution < -0.4 is 5.32 Å². The lowest BCUT2D eigenvalue weighted by Gasteiger charge is -1.97. The van der Waals surface area contributed by atoms with E-state index in [1.807, 2.05) is 0 Å². The molecule has 0 aliphatic heterocycles. The van der Waals surface area contributed by atoms with Crippen LogP contribution in [0.4, 0.5) is 0 Å². The summed E-state index contributed by atoms with van der Waals surface area (Å²) < 4.78 is 0. The van der Waals surface area contributed by atoms with Crippen molar-refractivity contribution < 1.29 is 0 Å². The van der Waals surface area contributed by atoms with E-state index >= 15 is 0 Å². The maximum atomic E-state index is 4.49. The summed E-state index contributed by atoms with van der Waals surface area (Å²) in [4.78, 5) is 4.49. The Labute approximate surface area is 80.0 Å². The van der Waals surface area contributed by atoms with Crippen LogP contribution in [0.5, 0.6) is 0 Å². The first-order chi connectivity index (χ1) is 5.74. The zero-order chi connectivity index (χ0) is 8.97. The highest BCUT2D eigenvalue weighted by atomic mass is 32.1. The van der Waals surface area contributed by atoms with Crippen molar-refractivity contribution in [3.63, 3.8) is 0 Å². The molecule has 1 rings (SSSR count). The van der Waals surface area contributed by atoms with Crippen molar-refractivity contribution >= 4 is 20.6 Å². The Balaban J connectivity index is 2.52. The van der Waals surface area contributed by atoms with Gasteiger partial charge >= 0.3 is 0 Å². The van der Waals surface area contributed by atoms with Gasteiger partial charge in [-0.15, -0.1) is 20.6 Å². The minimum Gasteiger partial charge on any atom is -0.308 e. The van der Waals surface area contributed by atoms with E-state index in [2.05, 4.69) is 38.8 Å². The summed E-state index contributed by atoms with van der Waals surface area (Å²) in [6.07, 6.45) is 0.925. The standard InChI is InChI=1S/C8H15N2PS/c1-6(2)8-10-7(4-12-8)3-9-5-11/h4,6,9H,3,5,11H2,1-2H3. The lowest BCUT2D eigenvalue weighted by Crippen LogP contribution is -2.10. The van der Waals surface area contributed by atoms with E-state index in [1.165, 1.54) is 5.01 Å². The van der Waals surface area contributed by atoms with Crippen molar-refractivity contribution in [2.24, 2.45) is 0 Å². The number of hydrogen-bond donors (Lipinski definition) is 1. The van der Waals surface area contributed by atoms with Gasteiger partial charge in [0.1, 0.15) is 0 Å². The molecule has 0 spiro atoms. The van der Waals surface area contributed by atoms with Crippen LogP contribution in [0.2, 0.25) is 0 Å². The minimum atomic E-state index is 0.555. The van der Waals surface area contributed by atoms with Gasteiger partial charge in [-0.1, -0.05) is 13.8 Å². The van der Waals surface area contributed by atoms with E-state index in [4.69, 9.17) is 0 Å². The topological polar surface area (TPSA) is 24.9 Å². The Hall–Kier alpha value is 0.0200. The normalized spacial score (nSPS) is 11.0. The highest BCUT2D eigenvalue weighted by Crippen LogP contribution is 2.18. The first kappa shape index (κ1) is 10.1. The largest absolute Gasteiger partial charge is 0.308 e. The van der Waals surface area contributed by atoms with Gasteiger partial charge in [0, 0.05) is 24.1 Å². The molecule has 1 heterocycles. The Morgan fingerprint density at radius 1 is 1.67 bits per heavy atom. The van der Waals surface area contributed by atoms with Crippen molar-refractivity contribution in [1.82, 2.24) is 10.3 Å². The molecule has 12 heavy (non-hydrogen) atoms. The molecular formula is C8H15N2PS. The number of hydrogen-bond acceptors (Lipinski definition) is 3. The number of rotatable bonds is 4. The first-order valence-electron chi connectivity index (χ1n) is 4.09. The number of thiazole rings is 1. The van der Waals surface area contributed by atoms with Gasteiger partial charge in [-0.3, -0.25) is 0 Å². The number of aromatic nitrogens is 1. The zero-order valence-electron chi connectivity index (χ0n) is 7.50. The van der Waals surface area contributed by atoms with E-state index in [1.54, 1.807) is 11.3 Å². The quantitative estimate of drug-likeness (QED) is 0.757. The molecule has 0 amide bonds. The van der Waals surface area contributed by atoms with Crippen molar-refractivity contribution in [3.8, 4) is 0 Å². The van der Waals surface area contributed by atoms with Gasteiger partial charge < -0.3 is 5.32 Å². The van der Waals surface area contributed by atoms with Crippen LogP contribution in [0.15, 0.2) is 5.38 Å². The van der Waals surface area contributed by atoms with Gasteiger partial charge in [-0.2, -0.15) is 0 Å². The first-order valence-corrected chi connectivity index (χ1v) is 5.78. The Bertz CT molecular complexity index is 235. The monoisotopic (exact) mass is 202 g/mol. The average Bonchev–Trinajstić information content (AvgIpc) is 2.48. The molecule has 0 saturated heterocycles. The third-order valence-electron chi connectivity index (χ3n) is 1.51. The van der Waals surface area contributed by atoms with Crippen LogP contribution in [0.25, 0.3) is 0 Å². The SMILES string of the molecule is CC(C)c1nc(CNCP)cs1. The number of nitrogens with zero attached hydrogens (tertiary/aromatic N) is 1. The highest BCUT2D eigenvalue weighted by molar-refractivity contribution is 7.16. The second-order valence-electron chi connectivity index (χ2n) is 2.96. The molecule has 1 N–H and O–H groups in total. The molecule has 2 nitrogen and oxygen atoms in total. The van der Waals surface area contributed by atoms with Crippen molar-refractivity contribution in [2.75, 3.05) is 6.29 Å². The maximum Gasteiger partial charge on any atom is 0.0954 e. The van der Waals surface area contributed by atoms with Gasteiger partial charge in [0.25, 0.3) is 0 Å². The molecule has 0 aliphatic rings. The van der Waals surface area contributed by atoms with Gasteiger partial charge in [0.15, 0.2) is 0 Å². The van der Waals surface area contributed by atoms with E-state index in [-0.39, 0.29) is 0 Å². The summed E-state index contributed by atoms with van der Waals surface area (Å²) in [6, 6.07) is 0. The van der Waals surface area contributed by atoms with Gasteiger partial charge in [-0.05, 0) is 0 Å². The molecular weight excluding hydrogens is 187 g/mol. The van der Waals surface area contributed by atoms with E-state index in [9.17, 15) is 0 Å². The second kappa shape index (κ2) is 4.90. The van der Waals surface area contributed by atoms with E-state index in [0.717, 1.165) is 18.5 Å². The molecule has 0 fully saturated rings. The molecule has 0 aromatic carbocycles. The minimum absolute atomic E-state index is 0.555. The molecule has 4 heteroatoms. The molecule has 0 aliphatic carbocycles. The Kier molecular flexibility index (Phi) is 4.13. The molecule has 0 radical (unpaired) electrons. The molecule has 1 aromatic rings. The zero-order valence-corrected chi connectivity index (χ0v) is 9.47. The molecule has 1 atom stereocenters. The Morgan fingerprint density at radius 2 is 2.42 bits per heavy atom. The summed E-state index contributed by atoms with van der Waals surface area (Å²) in [5.74, 6) is 0.555. The molecule has 68 valence electrons. The van der Waals surface area contributed by atoms with Gasteiger partial charge in [-0.25, -0.2) is 4.98 Å². The third kappa shape index (κ3) is 2.81. The van der Waals surface area contributed by atoms with Crippen LogP contribution >= 0.6 is 20.6 Å². The second-order valence-corrected chi connectivity index (χ2v) is 4.26. The van der Waals surface area contributed by atoms with Crippen LogP contribution in [0, 0.1) is 0 Å². The van der Waals surface area contributed by atoms with Crippen LogP contribution in [-0.4, -0.2) is 11.3 Å². The fraction of sp³-hybridized carbons (Fsp3) is 0.625. The summed E-state index contributed by atoms with van der Waals surface area (Å²) in [7, 11) is 2.64. The third-order valence-corrected chi connectivity index (χ3v) is 3.00. The smallest absolute Gasteiger partial charge is 0.0954 e. The summed E-state index contributed by atoms with van der Waals surface area (Å²) in [5.41, 5.74) is 1.16. The predicted octanol–water partition coefficient (Wildman–Crippen LogP) is 2.19. The van der Waals surface area contributed by atoms with E-state index in [0.29, 0.717) is 5.92 Å². The summed E-state index contributed by atoms with van der Waals surface area (Å²) in [6.45, 7) is 5.23.